The standard InChI is InChI=1S/C14H13NO/c1-11(16)9-13-10-15-8-7-14(13)12-5-3-2-4-6-12/h2-8,10H,9H2,1H3. The van der Waals surface area contributed by atoms with Crippen molar-refractivity contribution >= 4 is 5.78 Å². The van der Waals surface area contributed by atoms with Gasteiger partial charge in [0.1, 0.15) is 5.78 Å². The maximum absolute atomic E-state index is 11.2. The van der Waals surface area contributed by atoms with Crippen LogP contribution < -0.4 is 0 Å². The minimum absolute atomic E-state index is 0.158. The van der Waals surface area contributed by atoms with Crippen LogP contribution in [0.1, 0.15) is 12.5 Å². The van der Waals surface area contributed by atoms with Gasteiger partial charge in [-0.15, -0.1) is 0 Å². The van der Waals surface area contributed by atoms with Gasteiger partial charge >= 0.3 is 0 Å². The summed E-state index contributed by atoms with van der Waals surface area (Å²) in [6.45, 7) is 1.60. The average molecular weight is 211 g/mol. The van der Waals surface area contributed by atoms with Crippen molar-refractivity contribution in [3.63, 3.8) is 0 Å². The van der Waals surface area contributed by atoms with Gasteiger partial charge in [0.25, 0.3) is 0 Å². The molecule has 80 valence electrons. The molecule has 0 aliphatic heterocycles. The van der Waals surface area contributed by atoms with E-state index in [0.29, 0.717) is 6.42 Å². The van der Waals surface area contributed by atoms with E-state index in [9.17, 15) is 4.79 Å². The summed E-state index contributed by atoms with van der Waals surface area (Å²) in [7, 11) is 0. The molecule has 0 saturated heterocycles. The Labute approximate surface area is 95.0 Å². The lowest BCUT2D eigenvalue weighted by atomic mass is 9.99. The minimum atomic E-state index is 0.158. The topological polar surface area (TPSA) is 30.0 Å². The second kappa shape index (κ2) is 4.71. The number of pyridine rings is 1. The lowest BCUT2D eigenvalue weighted by Crippen LogP contribution is -1.99. The summed E-state index contributed by atoms with van der Waals surface area (Å²) in [5.74, 6) is 0.158. The van der Waals surface area contributed by atoms with E-state index in [1.165, 1.54) is 0 Å². The monoisotopic (exact) mass is 211 g/mol. The first-order valence-electron chi connectivity index (χ1n) is 5.25. The fourth-order valence-corrected chi connectivity index (χ4v) is 1.74. The van der Waals surface area contributed by atoms with Crippen molar-refractivity contribution in [3.8, 4) is 11.1 Å². The van der Waals surface area contributed by atoms with E-state index in [-0.39, 0.29) is 5.78 Å². The van der Waals surface area contributed by atoms with Crippen LogP contribution in [0.4, 0.5) is 0 Å². The highest BCUT2D eigenvalue weighted by molar-refractivity contribution is 5.81. The Bertz CT molecular complexity index is 491. The quantitative estimate of drug-likeness (QED) is 0.781. The molecule has 1 aromatic carbocycles. The lowest BCUT2D eigenvalue weighted by Gasteiger charge is -2.07. The van der Waals surface area contributed by atoms with Gasteiger partial charge in [-0.05, 0) is 29.7 Å². The van der Waals surface area contributed by atoms with Crippen molar-refractivity contribution in [2.75, 3.05) is 0 Å². The molecule has 0 unspecified atom stereocenters. The Morgan fingerprint density at radius 3 is 2.62 bits per heavy atom. The van der Waals surface area contributed by atoms with Gasteiger partial charge in [0.15, 0.2) is 0 Å². The molecule has 2 nitrogen and oxygen atoms in total. The van der Waals surface area contributed by atoms with Crippen LogP contribution in [0.25, 0.3) is 11.1 Å². The Balaban J connectivity index is 2.44. The summed E-state index contributed by atoms with van der Waals surface area (Å²) in [5.41, 5.74) is 3.20. The predicted molar refractivity (Wildman–Crippen MR) is 64.1 cm³/mol. The van der Waals surface area contributed by atoms with Gasteiger partial charge in [-0.2, -0.15) is 0 Å². The summed E-state index contributed by atoms with van der Waals surface area (Å²) in [5, 5.41) is 0. The summed E-state index contributed by atoms with van der Waals surface area (Å²) >= 11 is 0. The Kier molecular flexibility index (Phi) is 3.10. The van der Waals surface area contributed by atoms with Gasteiger partial charge in [-0.1, -0.05) is 30.3 Å². The number of rotatable bonds is 3. The molecule has 0 aliphatic carbocycles. The van der Waals surface area contributed by atoms with Crippen molar-refractivity contribution < 1.29 is 4.79 Å². The highest BCUT2D eigenvalue weighted by Gasteiger charge is 2.06. The fraction of sp³-hybridized carbons (Fsp3) is 0.143. The third-order valence-corrected chi connectivity index (χ3v) is 2.43. The molecule has 0 saturated carbocycles. The number of carbonyl (C=O) groups is 1. The highest BCUT2D eigenvalue weighted by atomic mass is 16.1. The first-order valence-corrected chi connectivity index (χ1v) is 5.25. The van der Waals surface area contributed by atoms with Crippen molar-refractivity contribution in [2.45, 2.75) is 13.3 Å². The predicted octanol–water partition coefficient (Wildman–Crippen LogP) is 2.88. The van der Waals surface area contributed by atoms with Gasteiger partial charge in [-0.3, -0.25) is 9.78 Å². The normalized spacial score (nSPS) is 10.1. The van der Waals surface area contributed by atoms with Gasteiger partial charge in [-0.25, -0.2) is 0 Å². The smallest absolute Gasteiger partial charge is 0.134 e. The molecule has 1 heterocycles. The molecule has 0 N–H and O–H groups in total. The molecule has 0 amide bonds. The van der Waals surface area contributed by atoms with Crippen LogP contribution in [-0.4, -0.2) is 10.8 Å². The van der Waals surface area contributed by atoms with Crippen LogP contribution in [0.15, 0.2) is 48.8 Å². The lowest BCUT2D eigenvalue weighted by molar-refractivity contribution is -0.116. The number of hydrogen-bond acceptors (Lipinski definition) is 2. The molecule has 16 heavy (non-hydrogen) atoms. The second-order valence-corrected chi connectivity index (χ2v) is 3.78. The zero-order valence-electron chi connectivity index (χ0n) is 9.18. The fourth-order valence-electron chi connectivity index (χ4n) is 1.74. The number of Topliss-reactive ketones (excluding diaryl/α,β-unsaturated/α-hetero) is 1. The number of hydrogen-bond donors (Lipinski definition) is 0. The SMILES string of the molecule is CC(=O)Cc1cnccc1-c1ccccc1. The molecule has 0 fully saturated rings. The molecule has 0 aliphatic rings. The molecule has 2 heteroatoms. The van der Waals surface area contributed by atoms with Gasteiger partial charge in [0.2, 0.25) is 0 Å². The molecule has 0 spiro atoms. The van der Waals surface area contributed by atoms with E-state index in [2.05, 4.69) is 4.98 Å². The van der Waals surface area contributed by atoms with Crippen molar-refractivity contribution in [1.82, 2.24) is 4.98 Å². The first kappa shape index (κ1) is 10.6. The Hall–Kier alpha value is -1.96. The maximum Gasteiger partial charge on any atom is 0.134 e. The Morgan fingerprint density at radius 1 is 1.19 bits per heavy atom. The van der Waals surface area contributed by atoms with Crippen LogP contribution >= 0.6 is 0 Å². The van der Waals surface area contributed by atoms with Crippen LogP contribution in [0, 0.1) is 0 Å². The highest BCUT2D eigenvalue weighted by Crippen LogP contribution is 2.22. The number of carbonyl (C=O) groups excluding carboxylic acids is 1. The van der Waals surface area contributed by atoms with Crippen LogP contribution in [0.2, 0.25) is 0 Å². The average Bonchev–Trinajstić information content (AvgIpc) is 2.30. The molecule has 0 radical (unpaired) electrons. The van der Waals surface area contributed by atoms with E-state index in [4.69, 9.17) is 0 Å². The zero-order chi connectivity index (χ0) is 11.4. The first-order chi connectivity index (χ1) is 7.77. The molecule has 0 bridgehead atoms. The second-order valence-electron chi connectivity index (χ2n) is 3.78. The summed E-state index contributed by atoms with van der Waals surface area (Å²) < 4.78 is 0. The van der Waals surface area contributed by atoms with E-state index >= 15 is 0 Å². The van der Waals surface area contributed by atoms with E-state index < -0.39 is 0 Å². The largest absolute Gasteiger partial charge is 0.300 e. The van der Waals surface area contributed by atoms with Crippen LogP contribution in [0.3, 0.4) is 0 Å². The number of benzene rings is 1. The van der Waals surface area contributed by atoms with Gasteiger partial charge in [0.05, 0.1) is 0 Å². The summed E-state index contributed by atoms with van der Waals surface area (Å²) in [6, 6.07) is 12.0. The molecule has 2 rings (SSSR count). The zero-order valence-corrected chi connectivity index (χ0v) is 9.18. The van der Waals surface area contributed by atoms with Crippen molar-refractivity contribution in [2.24, 2.45) is 0 Å². The maximum atomic E-state index is 11.2. The molecule has 1 aromatic heterocycles. The van der Waals surface area contributed by atoms with Gasteiger partial charge < -0.3 is 0 Å². The number of aromatic nitrogens is 1. The van der Waals surface area contributed by atoms with Gasteiger partial charge in [0, 0.05) is 18.8 Å². The summed E-state index contributed by atoms with van der Waals surface area (Å²) in [4.78, 5) is 15.2. The minimum Gasteiger partial charge on any atom is -0.300 e. The summed E-state index contributed by atoms with van der Waals surface area (Å²) in [6.07, 6.45) is 3.97. The third-order valence-electron chi connectivity index (χ3n) is 2.43. The van der Waals surface area contributed by atoms with Crippen molar-refractivity contribution in [3.05, 3.63) is 54.4 Å². The number of ketones is 1. The number of nitrogens with zero attached hydrogens (tertiary/aromatic N) is 1. The third kappa shape index (κ3) is 2.34. The van der Waals surface area contributed by atoms with E-state index in [0.717, 1.165) is 16.7 Å². The molecule has 0 atom stereocenters. The van der Waals surface area contributed by atoms with Crippen LogP contribution in [-0.2, 0) is 11.2 Å². The Morgan fingerprint density at radius 2 is 1.94 bits per heavy atom. The molecule has 2 aromatic rings. The molecular formula is C14H13NO. The van der Waals surface area contributed by atoms with Crippen LogP contribution in [0.5, 0.6) is 0 Å². The van der Waals surface area contributed by atoms with E-state index in [1.807, 2.05) is 36.4 Å². The van der Waals surface area contributed by atoms with E-state index in [1.54, 1.807) is 19.3 Å². The van der Waals surface area contributed by atoms with Crippen molar-refractivity contribution in [1.29, 1.82) is 0 Å². The molecular weight excluding hydrogens is 198 g/mol.